The highest BCUT2D eigenvalue weighted by Crippen LogP contribution is 2.20. The Labute approximate surface area is 140 Å². The smallest absolute Gasteiger partial charge is 0.363 e. The van der Waals surface area contributed by atoms with Crippen LogP contribution in [0.25, 0.3) is 6.08 Å². The first-order chi connectivity index (χ1) is 10.1. The second-order valence-electron chi connectivity index (χ2n) is 4.40. The van der Waals surface area contributed by atoms with Gasteiger partial charge in [-0.05, 0) is 70.6 Å². The third-order valence-corrected chi connectivity index (χ3v) is 3.79. The van der Waals surface area contributed by atoms with Crippen molar-refractivity contribution in [1.29, 1.82) is 0 Å². The van der Waals surface area contributed by atoms with Crippen LogP contribution >= 0.6 is 34.2 Å². The van der Waals surface area contributed by atoms with E-state index in [1.54, 1.807) is 30.3 Å². The number of benzene rings is 2. The molecule has 5 heteroatoms. The van der Waals surface area contributed by atoms with Gasteiger partial charge in [0.15, 0.2) is 5.70 Å². The Bertz CT molecular complexity index is 766. The zero-order valence-electron chi connectivity index (χ0n) is 10.7. The van der Waals surface area contributed by atoms with E-state index >= 15 is 0 Å². The Balaban J connectivity index is 1.93. The molecule has 0 unspecified atom stereocenters. The molecule has 0 saturated heterocycles. The maximum absolute atomic E-state index is 11.9. The highest BCUT2D eigenvalue weighted by molar-refractivity contribution is 14.1. The molecule has 1 aliphatic rings. The summed E-state index contributed by atoms with van der Waals surface area (Å²) in [4.78, 5) is 16.1. The third-order valence-electron chi connectivity index (χ3n) is 2.86. The number of halogens is 2. The minimum Gasteiger partial charge on any atom is -0.402 e. The molecule has 0 spiro atoms. The molecule has 0 aromatic heterocycles. The number of aliphatic imine (C=N–C) groups is 1. The van der Waals surface area contributed by atoms with E-state index in [0.29, 0.717) is 16.6 Å². The van der Waals surface area contributed by atoms with Gasteiger partial charge in [0, 0.05) is 14.2 Å². The number of hydrogen-bond acceptors (Lipinski definition) is 3. The summed E-state index contributed by atoms with van der Waals surface area (Å²) in [5.74, 6) is -0.146. The Hall–Kier alpha value is -1.66. The Morgan fingerprint density at radius 3 is 2.62 bits per heavy atom. The molecule has 0 atom stereocenters. The number of hydrogen-bond donors (Lipinski definition) is 0. The summed E-state index contributed by atoms with van der Waals surface area (Å²) in [6.45, 7) is 0. The van der Waals surface area contributed by atoms with Crippen LogP contribution in [0.4, 0.5) is 0 Å². The average molecular weight is 410 g/mol. The van der Waals surface area contributed by atoms with Crippen molar-refractivity contribution in [1.82, 2.24) is 0 Å². The van der Waals surface area contributed by atoms with Gasteiger partial charge in [0.25, 0.3) is 0 Å². The van der Waals surface area contributed by atoms with Gasteiger partial charge < -0.3 is 4.74 Å². The van der Waals surface area contributed by atoms with Crippen molar-refractivity contribution >= 4 is 52.1 Å². The quantitative estimate of drug-likeness (QED) is 0.422. The Kier molecular flexibility index (Phi) is 4.07. The van der Waals surface area contributed by atoms with E-state index in [-0.39, 0.29) is 0 Å². The van der Waals surface area contributed by atoms with Gasteiger partial charge in [-0.15, -0.1) is 0 Å². The maximum atomic E-state index is 11.9. The van der Waals surface area contributed by atoms with Crippen molar-refractivity contribution in [3.05, 3.63) is 73.9 Å². The zero-order chi connectivity index (χ0) is 14.8. The van der Waals surface area contributed by atoms with E-state index in [9.17, 15) is 4.79 Å². The van der Waals surface area contributed by atoms with Gasteiger partial charge in [-0.3, -0.25) is 0 Å². The fourth-order valence-corrected chi connectivity index (χ4v) is 2.57. The van der Waals surface area contributed by atoms with Gasteiger partial charge in [0.2, 0.25) is 5.90 Å². The molecule has 3 rings (SSSR count). The lowest BCUT2D eigenvalue weighted by Gasteiger charge is -1.98. The van der Waals surface area contributed by atoms with Crippen molar-refractivity contribution in [2.75, 3.05) is 0 Å². The highest BCUT2D eigenvalue weighted by atomic mass is 127. The summed E-state index contributed by atoms with van der Waals surface area (Å²) in [6.07, 6.45) is 1.72. The van der Waals surface area contributed by atoms with Crippen molar-refractivity contribution in [2.24, 2.45) is 4.99 Å². The number of cyclic esters (lactones) is 1. The molecule has 1 aliphatic heterocycles. The van der Waals surface area contributed by atoms with E-state index in [2.05, 4.69) is 27.6 Å². The molecule has 3 nitrogen and oxygen atoms in total. The third kappa shape index (κ3) is 3.33. The number of nitrogens with zero attached hydrogens (tertiary/aromatic N) is 1. The summed E-state index contributed by atoms with van der Waals surface area (Å²) < 4.78 is 6.29. The van der Waals surface area contributed by atoms with E-state index in [0.717, 1.165) is 14.7 Å². The molecule has 0 amide bonds. The van der Waals surface area contributed by atoms with E-state index in [4.69, 9.17) is 16.3 Å². The zero-order valence-corrected chi connectivity index (χ0v) is 13.6. The van der Waals surface area contributed by atoms with Crippen LogP contribution in [0.1, 0.15) is 11.1 Å². The Morgan fingerprint density at radius 2 is 1.90 bits per heavy atom. The lowest BCUT2D eigenvalue weighted by atomic mass is 10.2. The van der Waals surface area contributed by atoms with Crippen LogP contribution in [0, 0.1) is 3.57 Å². The standard InChI is InChI=1S/C16H9ClINO2/c17-12-6-4-11(5-7-12)15-19-14(16(20)21-15)9-10-2-1-3-13(18)8-10/h1-9H/b14-9-. The van der Waals surface area contributed by atoms with Crippen LogP contribution in [0.5, 0.6) is 0 Å². The van der Waals surface area contributed by atoms with Crippen molar-refractivity contribution in [3.8, 4) is 0 Å². The molecule has 21 heavy (non-hydrogen) atoms. The minimum atomic E-state index is -0.446. The molecule has 2 aromatic carbocycles. The molecule has 1 heterocycles. The summed E-state index contributed by atoms with van der Waals surface area (Å²) in [5, 5.41) is 0.623. The summed E-state index contributed by atoms with van der Waals surface area (Å²) in [6, 6.07) is 14.8. The minimum absolute atomic E-state index is 0.293. The molecule has 0 saturated carbocycles. The molecular weight excluding hydrogens is 401 g/mol. The molecule has 0 radical (unpaired) electrons. The Morgan fingerprint density at radius 1 is 1.14 bits per heavy atom. The van der Waals surface area contributed by atoms with Crippen molar-refractivity contribution < 1.29 is 9.53 Å². The second kappa shape index (κ2) is 5.99. The summed E-state index contributed by atoms with van der Waals surface area (Å²) >= 11 is 8.06. The predicted octanol–water partition coefficient (Wildman–Crippen LogP) is 4.29. The highest BCUT2D eigenvalue weighted by Gasteiger charge is 2.23. The molecule has 0 N–H and O–H groups in total. The predicted molar refractivity (Wildman–Crippen MR) is 91.2 cm³/mol. The van der Waals surface area contributed by atoms with Gasteiger partial charge in [-0.1, -0.05) is 23.7 Å². The first-order valence-corrected chi connectivity index (χ1v) is 7.61. The lowest BCUT2D eigenvalue weighted by molar-refractivity contribution is -0.129. The van der Waals surface area contributed by atoms with E-state index in [1.165, 1.54) is 0 Å². The van der Waals surface area contributed by atoms with Gasteiger partial charge in [0.1, 0.15) is 0 Å². The first-order valence-electron chi connectivity index (χ1n) is 6.16. The molecule has 0 bridgehead atoms. The molecule has 0 aliphatic carbocycles. The van der Waals surface area contributed by atoms with Gasteiger partial charge in [-0.2, -0.15) is 0 Å². The largest absolute Gasteiger partial charge is 0.402 e. The number of ether oxygens (including phenoxy) is 1. The van der Waals surface area contributed by atoms with E-state index in [1.807, 2.05) is 24.3 Å². The van der Waals surface area contributed by atoms with Gasteiger partial charge >= 0.3 is 5.97 Å². The molecule has 104 valence electrons. The molecule has 0 fully saturated rings. The fourth-order valence-electron chi connectivity index (χ4n) is 1.88. The summed E-state index contributed by atoms with van der Waals surface area (Å²) in [7, 11) is 0. The topological polar surface area (TPSA) is 38.7 Å². The number of esters is 1. The fraction of sp³-hybridized carbons (Fsp3) is 0. The van der Waals surface area contributed by atoms with Crippen LogP contribution in [-0.2, 0) is 9.53 Å². The number of rotatable bonds is 2. The lowest BCUT2D eigenvalue weighted by Crippen LogP contribution is -2.05. The van der Waals surface area contributed by atoms with Crippen LogP contribution in [0.3, 0.4) is 0 Å². The molecule has 2 aromatic rings. The average Bonchev–Trinajstić information content (AvgIpc) is 2.81. The first kappa shape index (κ1) is 14.3. The van der Waals surface area contributed by atoms with Crippen molar-refractivity contribution in [3.63, 3.8) is 0 Å². The van der Waals surface area contributed by atoms with Crippen LogP contribution < -0.4 is 0 Å². The van der Waals surface area contributed by atoms with Crippen LogP contribution in [0.2, 0.25) is 5.02 Å². The number of carbonyl (C=O) groups is 1. The number of carbonyl (C=O) groups excluding carboxylic acids is 1. The molecular formula is C16H9ClINO2. The SMILES string of the molecule is O=C1OC(c2ccc(Cl)cc2)=N/C1=C\c1cccc(I)c1. The second-order valence-corrected chi connectivity index (χ2v) is 6.08. The monoisotopic (exact) mass is 409 g/mol. The maximum Gasteiger partial charge on any atom is 0.363 e. The van der Waals surface area contributed by atoms with Crippen LogP contribution in [-0.4, -0.2) is 11.9 Å². The van der Waals surface area contributed by atoms with Gasteiger partial charge in [0.05, 0.1) is 0 Å². The van der Waals surface area contributed by atoms with Crippen LogP contribution in [0.15, 0.2) is 59.2 Å². The van der Waals surface area contributed by atoms with Gasteiger partial charge in [-0.25, -0.2) is 9.79 Å². The summed E-state index contributed by atoms with van der Waals surface area (Å²) in [5.41, 5.74) is 1.93. The van der Waals surface area contributed by atoms with E-state index < -0.39 is 5.97 Å². The van der Waals surface area contributed by atoms with Crippen molar-refractivity contribution in [2.45, 2.75) is 0 Å². The normalized spacial score (nSPS) is 16.0.